The van der Waals surface area contributed by atoms with E-state index in [1.54, 1.807) is 0 Å². The van der Waals surface area contributed by atoms with E-state index in [2.05, 4.69) is 12.2 Å². The molecule has 0 radical (unpaired) electrons. The number of carbonyl (C=O) groups is 1. The fourth-order valence-corrected chi connectivity index (χ4v) is 2.90. The monoisotopic (exact) mass is 246 g/mol. The summed E-state index contributed by atoms with van der Waals surface area (Å²) in [7, 11) is 0. The average molecular weight is 246 g/mol. The van der Waals surface area contributed by atoms with E-state index in [1.165, 1.54) is 0 Å². The summed E-state index contributed by atoms with van der Waals surface area (Å²) in [6.07, 6.45) is 5.22. The van der Waals surface area contributed by atoms with E-state index in [0.29, 0.717) is 5.69 Å². The van der Waals surface area contributed by atoms with Crippen molar-refractivity contribution in [3.63, 3.8) is 0 Å². The van der Waals surface area contributed by atoms with Crippen molar-refractivity contribution in [1.29, 1.82) is 0 Å². The van der Waals surface area contributed by atoms with E-state index in [1.807, 2.05) is 25.1 Å². The first-order chi connectivity index (χ1) is 8.59. The van der Waals surface area contributed by atoms with Crippen LogP contribution in [0.4, 0.5) is 11.4 Å². The third-order valence-electron chi connectivity index (χ3n) is 4.26. The van der Waals surface area contributed by atoms with Crippen molar-refractivity contribution in [2.24, 2.45) is 5.41 Å². The second-order valence-corrected chi connectivity index (χ2v) is 5.33. The van der Waals surface area contributed by atoms with Crippen LogP contribution in [0.15, 0.2) is 18.2 Å². The minimum Gasteiger partial charge on any atom is -0.397 e. The molecule has 0 aromatic heterocycles. The van der Waals surface area contributed by atoms with Gasteiger partial charge in [0.05, 0.1) is 11.4 Å². The van der Waals surface area contributed by atoms with Gasteiger partial charge in [-0.05, 0) is 37.8 Å². The number of hydrogen-bond donors (Lipinski definition) is 2. The van der Waals surface area contributed by atoms with E-state index in [0.717, 1.165) is 43.4 Å². The highest BCUT2D eigenvalue weighted by atomic mass is 16.2. The van der Waals surface area contributed by atoms with Crippen LogP contribution >= 0.6 is 0 Å². The van der Waals surface area contributed by atoms with Gasteiger partial charge in [0.2, 0.25) is 5.91 Å². The van der Waals surface area contributed by atoms with Gasteiger partial charge in [-0.25, -0.2) is 0 Å². The van der Waals surface area contributed by atoms with Crippen molar-refractivity contribution in [3.05, 3.63) is 23.8 Å². The molecule has 0 atom stereocenters. The number of benzene rings is 1. The number of para-hydroxylation sites is 1. The van der Waals surface area contributed by atoms with Gasteiger partial charge in [0.1, 0.15) is 0 Å². The van der Waals surface area contributed by atoms with Crippen LogP contribution in [0, 0.1) is 12.3 Å². The molecule has 1 fully saturated rings. The smallest absolute Gasteiger partial charge is 0.230 e. The van der Waals surface area contributed by atoms with E-state index in [-0.39, 0.29) is 11.3 Å². The predicted octanol–water partition coefficient (Wildman–Crippen LogP) is 3.49. The SMILES string of the molecule is CCC1(C(=O)Nc2c(C)cccc2N)CCCC1. The lowest BCUT2D eigenvalue weighted by Crippen LogP contribution is -2.33. The molecule has 0 heterocycles. The Morgan fingerprint density at radius 1 is 1.39 bits per heavy atom. The van der Waals surface area contributed by atoms with Crippen molar-refractivity contribution in [2.45, 2.75) is 46.0 Å². The molecule has 0 bridgehead atoms. The average Bonchev–Trinajstić information content (AvgIpc) is 2.84. The van der Waals surface area contributed by atoms with Crippen LogP contribution in [-0.4, -0.2) is 5.91 Å². The van der Waals surface area contributed by atoms with Crippen molar-refractivity contribution in [3.8, 4) is 0 Å². The summed E-state index contributed by atoms with van der Waals surface area (Å²) in [6, 6.07) is 5.71. The second-order valence-electron chi connectivity index (χ2n) is 5.33. The fraction of sp³-hybridized carbons (Fsp3) is 0.533. The van der Waals surface area contributed by atoms with Crippen LogP contribution in [0.25, 0.3) is 0 Å². The summed E-state index contributed by atoms with van der Waals surface area (Å²) in [6.45, 7) is 4.07. The van der Waals surface area contributed by atoms with Gasteiger partial charge < -0.3 is 11.1 Å². The van der Waals surface area contributed by atoms with Crippen LogP contribution in [0.2, 0.25) is 0 Å². The second kappa shape index (κ2) is 5.01. The Bertz CT molecular complexity index is 428. The number of rotatable bonds is 3. The minimum absolute atomic E-state index is 0.142. The zero-order valence-electron chi connectivity index (χ0n) is 11.3. The topological polar surface area (TPSA) is 55.1 Å². The highest BCUT2D eigenvalue weighted by Gasteiger charge is 2.39. The zero-order valence-corrected chi connectivity index (χ0v) is 11.3. The summed E-state index contributed by atoms with van der Waals surface area (Å²) in [5, 5.41) is 3.05. The molecule has 0 saturated heterocycles. The molecule has 1 aliphatic carbocycles. The molecule has 3 nitrogen and oxygen atoms in total. The summed E-state index contributed by atoms with van der Waals surface area (Å²) >= 11 is 0. The molecule has 1 aromatic carbocycles. The Kier molecular flexibility index (Phi) is 3.60. The van der Waals surface area contributed by atoms with Crippen molar-refractivity contribution in [1.82, 2.24) is 0 Å². The maximum absolute atomic E-state index is 12.5. The van der Waals surface area contributed by atoms with E-state index >= 15 is 0 Å². The van der Waals surface area contributed by atoms with Gasteiger partial charge in [0, 0.05) is 5.41 Å². The quantitative estimate of drug-likeness (QED) is 0.802. The van der Waals surface area contributed by atoms with Gasteiger partial charge >= 0.3 is 0 Å². The van der Waals surface area contributed by atoms with Crippen LogP contribution in [0.1, 0.15) is 44.6 Å². The molecule has 0 aliphatic heterocycles. The number of nitrogens with two attached hydrogens (primary N) is 1. The summed E-state index contributed by atoms with van der Waals surface area (Å²) in [4.78, 5) is 12.5. The number of amides is 1. The third-order valence-corrected chi connectivity index (χ3v) is 4.26. The summed E-state index contributed by atoms with van der Waals surface area (Å²) in [5.74, 6) is 0.142. The number of anilines is 2. The van der Waals surface area contributed by atoms with Crippen LogP contribution in [-0.2, 0) is 4.79 Å². The number of hydrogen-bond acceptors (Lipinski definition) is 2. The molecule has 1 aliphatic rings. The highest BCUT2D eigenvalue weighted by Crippen LogP contribution is 2.42. The van der Waals surface area contributed by atoms with Gasteiger partial charge in [-0.1, -0.05) is 31.9 Å². The summed E-state index contributed by atoms with van der Waals surface area (Å²) in [5.41, 5.74) is 8.21. The molecule has 1 saturated carbocycles. The third kappa shape index (κ3) is 2.22. The lowest BCUT2D eigenvalue weighted by atomic mass is 9.82. The van der Waals surface area contributed by atoms with E-state index in [9.17, 15) is 4.79 Å². The fourth-order valence-electron chi connectivity index (χ4n) is 2.90. The van der Waals surface area contributed by atoms with Gasteiger partial charge in [-0.2, -0.15) is 0 Å². The Morgan fingerprint density at radius 3 is 2.61 bits per heavy atom. The van der Waals surface area contributed by atoms with Gasteiger partial charge in [-0.3, -0.25) is 4.79 Å². The van der Waals surface area contributed by atoms with E-state index < -0.39 is 0 Å². The number of nitrogen functional groups attached to an aromatic ring is 1. The lowest BCUT2D eigenvalue weighted by molar-refractivity contribution is -0.125. The van der Waals surface area contributed by atoms with Gasteiger partial charge in [-0.15, -0.1) is 0 Å². The van der Waals surface area contributed by atoms with Crippen molar-refractivity contribution in [2.75, 3.05) is 11.1 Å². The molecular formula is C15H22N2O. The Hall–Kier alpha value is -1.51. The zero-order chi connectivity index (χ0) is 13.2. The highest BCUT2D eigenvalue weighted by molar-refractivity contribution is 5.98. The molecule has 0 unspecified atom stereocenters. The van der Waals surface area contributed by atoms with Crippen LogP contribution < -0.4 is 11.1 Å². The molecule has 3 N–H and O–H groups in total. The molecule has 1 amide bonds. The molecule has 2 rings (SSSR count). The number of aryl methyl sites for hydroxylation is 1. The molecule has 1 aromatic rings. The first-order valence-electron chi connectivity index (χ1n) is 6.75. The standard InChI is InChI=1S/C15H22N2O/c1-3-15(9-4-5-10-15)14(18)17-13-11(2)7-6-8-12(13)16/h6-8H,3-5,9-10,16H2,1-2H3,(H,17,18). The Morgan fingerprint density at radius 2 is 2.06 bits per heavy atom. The van der Waals surface area contributed by atoms with Crippen molar-refractivity contribution < 1.29 is 4.79 Å². The largest absolute Gasteiger partial charge is 0.397 e. The van der Waals surface area contributed by atoms with Gasteiger partial charge in [0.25, 0.3) is 0 Å². The first-order valence-corrected chi connectivity index (χ1v) is 6.75. The Labute approximate surface area is 109 Å². The maximum Gasteiger partial charge on any atom is 0.230 e. The van der Waals surface area contributed by atoms with Crippen molar-refractivity contribution >= 4 is 17.3 Å². The number of nitrogens with one attached hydrogen (secondary N) is 1. The summed E-state index contributed by atoms with van der Waals surface area (Å²) < 4.78 is 0. The molecule has 0 spiro atoms. The van der Waals surface area contributed by atoms with Gasteiger partial charge in [0.15, 0.2) is 0 Å². The van der Waals surface area contributed by atoms with Crippen LogP contribution in [0.3, 0.4) is 0 Å². The van der Waals surface area contributed by atoms with E-state index in [4.69, 9.17) is 5.73 Å². The first kappa shape index (κ1) is 12.9. The Balaban J connectivity index is 2.21. The molecule has 18 heavy (non-hydrogen) atoms. The minimum atomic E-state index is -0.172. The normalized spacial score (nSPS) is 17.7. The predicted molar refractivity (Wildman–Crippen MR) is 75.4 cm³/mol. The maximum atomic E-state index is 12.5. The molecule has 3 heteroatoms. The molecular weight excluding hydrogens is 224 g/mol. The lowest BCUT2D eigenvalue weighted by Gasteiger charge is -2.26. The van der Waals surface area contributed by atoms with Crippen LogP contribution in [0.5, 0.6) is 0 Å². The number of carbonyl (C=O) groups excluding carboxylic acids is 1. The molecule has 98 valence electrons.